The number of hydrogen-bond acceptors (Lipinski definition) is 3. The zero-order chi connectivity index (χ0) is 12.7. The van der Waals surface area contributed by atoms with Gasteiger partial charge < -0.3 is 9.84 Å². The minimum atomic E-state index is -0.596. The number of thiophene rings is 1. The smallest absolute Gasteiger partial charge is 0.136 e. The van der Waals surface area contributed by atoms with Gasteiger partial charge in [-0.05, 0) is 31.2 Å². The molecule has 1 aromatic heterocycles. The Hall–Kier alpha value is -1.39. The van der Waals surface area contributed by atoms with Crippen molar-refractivity contribution in [3.05, 3.63) is 51.5 Å². The van der Waals surface area contributed by atoms with Crippen LogP contribution in [0.3, 0.4) is 0 Å². The van der Waals surface area contributed by atoms with Gasteiger partial charge in [-0.1, -0.05) is 0 Å². The molecule has 0 aliphatic carbocycles. The van der Waals surface area contributed by atoms with Crippen molar-refractivity contribution in [1.82, 2.24) is 0 Å². The highest BCUT2D eigenvalue weighted by atomic mass is 32.1. The highest BCUT2D eigenvalue weighted by Gasteiger charge is 2.29. The van der Waals surface area contributed by atoms with Gasteiger partial charge in [0.05, 0.1) is 6.10 Å². The van der Waals surface area contributed by atoms with Gasteiger partial charge in [0.2, 0.25) is 0 Å². The van der Waals surface area contributed by atoms with Crippen LogP contribution in [0.2, 0.25) is 0 Å². The number of rotatable bonds is 1. The summed E-state index contributed by atoms with van der Waals surface area (Å²) in [4.78, 5) is 2.27. The van der Waals surface area contributed by atoms with Crippen molar-refractivity contribution in [3.63, 3.8) is 0 Å². The summed E-state index contributed by atoms with van der Waals surface area (Å²) >= 11 is 1.65. The molecular weight excluding hydrogens is 251 g/mol. The molecule has 3 rings (SSSR count). The number of benzene rings is 1. The number of aliphatic hydroxyl groups is 1. The Labute approximate surface area is 109 Å². The van der Waals surface area contributed by atoms with Crippen molar-refractivity contribution < 1.29 is 14.2 Å². The van der Waals surface area contributed by atoms with Crippen molar-refractivity contribution >= 4 is 11.3 Å². The maximum absolute atomic E-state index is 13.2. The predicted octanol–water partition coefficient (Wildman–Crippen LogP) is 3.75. The van der Waals surface area contributed by atoms with Crippen LogP contribution >= 0.6 is 11.3 Å². The molecule has 0 bridgehead atoms. The largest absolute Gasteiger partial charge is 0.484 e. The van der Waals surface area contributed by atoms with Crippen LogP contribution in [0, 0.1) is 12.7 Å². The first-order chi connectivity index (χ1) is 8.63. The lowest BCUT2D eigenvalue weighted by Gasteiger charge is -2.29. The third-order valence-corrected chi connectivity index (χ3v) is 4.21. The average Bonchev–Trinajstić information content (AvgIpc) is 2.75. The number of ether oxygens (including phenoxy) is 1. The molecule has 1 aliphatic heterocycles. The van der Waals surface area contributed by atoms with Crippen LogP contribution in [0.4, 0.5) is 4.39 Å². The maximum Gasteiger partial charge on any atom is 0.136 e. The summed E-state index contributed by atoms with van der Waals surface area (Å²) in [7, 11) is 0. The first kappa shape index (κ1) is 11.7. The zero-order valence-corrected chi connectivity index (χ0v) is 10.7. The fourth-order valence-electron chi connectivity index (χ4n) is 2.22. The summed E-state index contributed by atoms with van der Waals surface area (Å²) in [5.41, 5.74) is 0.668. The standard InChI is InChI=1S/C14H13FO2S/c1-8-2-5-14(18-8)13-7-11(16)10-4-3-9(15)6-12(10)17-13/h2-6,11,13,16H,7H2,1H3. The number of aliphatic hydroxyl groups excluding tert-OH is 1. The summed E-state index contributed by atoms with van der Waals surface area (Å²) in [6, 6.07) is 8.30. The van der Waals surface area contributed by atoms with Gasteiger partial charge in [-0.3, -0.25) is 0 Å². The molecule has 0 fully saturated rings. The second-order valence-corrected chi connectivity index (χ2v) is 5.81. The van der Waals surface area contributed by atoms with Gasteiger partial charge in [-0.2, -0.15) is 0 Å². The highest BCUT2D eigenvalue weighted by Crippen LogP contribution is 2.42. The zero-order valence-electron chi connectivity index (χ0n) is 9.89. The summed E-state index contributed by atoms with van der Waals surface area (Å²) in [6.45, 7) is 2.03. The third kappa shape index (κ3) is 2.02. The Bertz CT molecular complexity index is 579. The molecule has 2 atom stereocenters. The minimum absolute atomic E-state index is 0.187. The second kappa shape index (κ2) is 4.37. The summed E-state index contributed by atoms with van der Waals surface area (Å²) in [5, 5.41) is 10.1. The molecule has 0 saturated carbocycles. The fourth-order valence-corrected chi connectivity index (χ4v) is 3.14. The number of aryl methyl sites for hydroxylation is 1. The summed E-state index contributed by atoms with van der Waals surface area (Å²) in [5.74, 6) is 0.105. The van der Waals surface area contributed by atoms with Gasteiger partial charge in [-0.25, -0.2) is 4.39 Å². The van der Waals surface area contributed by atoms with Crippen molar-refractivity contribution in [3.8, 4) is 5.75 Å². The van der Waals surface area contributed by atoms with Gasteiger partial charge in [0.15, 0.2) is 0 Å². The molecule has 0 spiro atoms. The van der Waals surface area contributed by atoms with E-state index < -0.39 is 6.10 Å². The molecule has 4 heteroatoms. The number of fused-ring (bicyclic) bond motifs is 1. The van der Waals surface area contributed by atoms with Gasteiger partial charge >= 0.3 is 0 Å². The number of halogens is 1. The first-order valence-electron chi connectivity index (χ1n) is 5.84. The molecule has 94 valence electrons. The van der Waals surface area contributed by atoms with Crippen LogP contribution < -0.4 is 4.74 Å². The fraction of sp³-hybridized carbons (Fsp3) is 0.286. The molecule has 1 N–H and O–H groups in total. The van der Waals surface area contributed by atoms with E-state index in [0.717, 1.165) is 4.88 Å². The lowest BCUT2D eigenvalue weighted by atomic mass is 9.98. The van der Waals surface area contributed by atoms with E-state index >= 15 is 0 Å². The maximum atomic E-state index is 13.2. The molecule has 2 nitrogen and oxygen atoms in total. The SMILES string of the molecule is Cc1ccc(C2CC(O)c3ccc(F)cc3O2)s1. The van der Waals surface area contributed by atoms with E-state index in [1.807, 2.05) is 19.1 Å². The Morgan fingerprint density at radius 2 is 2.17 bits per heavy atom. The van der Waals surface area contributed by atoms with E-state index in [4.69, 9.17) is 4.74 Å². The molecule has 1 aliphatic rings. The van der Waals surface area contributed by atoms with Crippen molar-refractivity contribution in [2.75, 3.05) is 0 Å². The van der Waals surface area contributed by atoms with Crippen molar-refractivity contribution in [2.24, 2.45) is 0 Å². The van der Waals surface area contributed by atoms with Gasteiger partial charge in [0.25, 0.3) is 0 Å². The molecule has 0 saturated heterocycles. The quantitative estimate of drug-likeness (QED) is 0.850. The summed E-state index contributed by atoms with van der Waals surface area (Å²) < 4.78 is 19.0. The minimum Gasteiger partial charge on any atom is -0.484 e. The molecule has 0 radical (unpaired) electrons. The monoisotopic (exact) mass is 264 g/mol. The van der Waals surface area contributed by atoms with Crippen LogP contribution in [0.5, 0.6) is 5.75 Å². The molecule has 2 aromatic rings. The van der Waals surface area contributed by atoms with E-state index in [2.05, 4.69) is 0 Å². The molecule has 2 unspecified atom stereocenters. The Morgan fingerprint density at radius 3 is 2.89 bits per heavy atom. The Kier molecular flexibility index (Phi) is 2.84. The van der Waals surface area contributed by atoms with Gasteiger partial charge in [-0.15, -0.1) is 11.3 Å². The molecular formula is C14H13FO2S. The Balaban J connectivity index is 1.95. The van der Waals surface area contributed by atoms with Gasteiger partial charge in [0.1, 0.15) is 17.7 Å². The molecule has 18 heavy (non-hydrogen) atoms. The van der Waals surface area contributed by atoms with Crippen LogP contribution in [-0.2, 0) is 0 Å². The predicted molar refractivity (Wildman–Crippen MR) is 68.4 cm³/mol. The number of hydrogen-bond donors (Lipinski definition) is 1. The third-order valence-electron chi connectivity index (χ3n) is 3.12. The van der Waals surface area contributed by atoms with E-state index in [1.165, 1.54) is 17.0 Å². The van der Waals surface area contributed by atoms with Crippen molar-refractivity contribution in [1.29, 1.82) is 0 Å². The van der Waals surface area contributed by atoms with Gasteiger partial charge in [0, 0.05) is 27.8 Å². The normalized spacial score (nSPS) is 22.4. The van der Waals surface area contributed by atoms with Crippen LogP contribution in [0.15, 0.2) is 30.3 Å². The van der Waals surface area contributed by atoms with Crippen molar-refractivity contribution in [2.45, 2.75) is 25.6 Å². The molecule has 2 heterocycles. The highest BCUT2D eigenvalue weighted by molar-refractivity contribution is 7.12. The molecule has 0 amide bonds. The van der Waals surface area contributed by atoms with Crippen LogP contribution in [0.25, 0.3) is 0 Å². The average molecular weight is 264 g/mol. The first-order valence-corrected chi connectivity index (χ1v) is 6.65. The van der Waals surface area contributed by atoms with Crippen LogP contribution in [-0.4, -0.2) is 5.11 Å². The van der Waals surface area contributed by atoms with E-state index in [0.29, 0.717) is 17.7 Å². The lowest BCUT2D eigenvalue weighted by molar-refractivity contribution is 0.0671. The Morgan fingerprint density at radius 1 is 1.33 bits per heavy atom. The molecule has 1 aromatic carbocycles. The summed E-state index contributed by atoms with van der Waals surface area (Å²) in [6.07, 6.45) is -0.270. The van der Waals surface area contributed by atoms with E-state index in [-0.39, 0.29) is 11.9 Å². The van der Waals surface area contributed by atoms with E-state index in [1.54, 1.807) is 17.4 Å². The topological polar surface area (TPSA) is 29.5 Å². The lowest BCUT2D eigenvalue weighted by Crippen LogP contribution is -2.18. The van der Waals surface area contributed by atoms with E-state index in [9.17, 15) is 9.50 Å². The second-order valence-electron chi connectivity index (χ2n) is 4.49. The van der Waals surface area contributed by atoms with Crippen LogP contribution in [0.1, 0.15) is 33.9 Å².